The first-order chi connectivity index (χ1) is 12.0. The highest BCUT2D eigenvalue weighted by atomic mass is 16.7. The number of hydrogen-bond acceptors (Lipinski definition) is 4. The van der Waals surface area contributed by atoms with Gasteiger partial charge in [-0.25, -0.2) is 4.79 Å². The quantitative estimate of drug-likeness (QED) is 0.797. The fraction of sp³-hybridized carbons (Fsp3) is 0.278. The molecule has 1 heterocycles. The summed E-state index contributed by atoms with van der Waals surface area (Å²) < 4.78 is 0.746. The van der Waals surface area contributed by atoms with Crippen molar-refractivity contribution in [2.24, 2.45) is 0 Å². The number of carbonyl (C=O) groups is 2. The van der Waals surface area contributed by atoms with Gasteiger partial charge in [-0.05, 0) is 36.1 Å². The van der Waals surface area contributed by atoms with Gasteiger partial charge in [0.05, 0.1) is 0 Å². The minimum absolute atomic E-state index is 0.413. The van der Waals surface area contributed by atoms with Gasteiger partial charge in [0.1, 0.15) is 5.56 Å². The number of nitrogens with one attached hydrogen (secondary N) is 1. The van der Waals surface area contributed by atoms with Crippen LogP contribution in [0.2, 0.25) is 0 Å². The molecule has 0 spiro atoms. The Bertz CT molecular complexity index is 819. The molecule has 2 aromatic rings. The Morgan fingerprint density at radius 1 is 1.12 bits per heavy atom. The lowest BCUT2D eigenvalue weighted by atomic mass is 10.0. The van der Waals surface area contributed by atoms with Crippen molar-refractivity contribution in [1.82, 2.24) is 4.73 Å². The Kier molecular flexibility index (Phi) is 5.94. The normalized spacial score (nSPS) is 10.3. The van der Waals surface area contributed by atoms with Crippen molar-refractivity contribution in [3.63, 3.8) is 0 Å². The molecular formula is C18H20N2O5. The second-order valence-corrected chi connectivity index (χ2v) is 5.34. The number of anilines is 1. The first-order valence-electron chi connectivity index (χ1n) is 7.96. The molecule has 1 amide bonds. The van der Waals surface area contributed by atoms with Crippen LogP contribution >= 0.6 is 0 Å². The Hall–Kier alpha value is -3.09. The van der Waals surface area contributed by atoms with Crippen molar-refractivity contribution in [3.05, 3.63) is 63.6 Å². The third kappa shape index (κ3) is 4.26. The molecule has 7 nitrogen and oxygen atoms in total. The Morgan fingerprint density at radius 3 is 2.32 bits per heavy atom. The number of aryl methyl sites for hydroxylation is 2. The molecule has 0 aliphatic heterocycles. The smallest absolute Gasteiger partial charge is 0.341 e. The van der Waals surface area contributed by atoms with E-state index in [1.54, 1.807) is 0 Å². The monoisotopic (exact) mass is 344 g/mol. The number of carbonyl (C=O) groups excluding carboxylic acids is 1. The minimum atomic E-state index is -1.35. The van der Waals surface area contributed by atoms with E-state index in [4.69, 9.17) is 9.94 Å². The molecule has 0 unspecified atom stereocenters. The number of aromatic nitrogens is 1. The predicted octanol–water partition coefficient (Wildman–Crippen LogP) is 1.74. The van der Waals surface area contributed by atoms with Crippen molar-refractivity contribution in [1.29, 1.82) is 0 Å². The molecule has 7 heteroatoms. The van der Waals surface area contributed by atoms with E-state index in [0.717, 1.165) is 34.4 Å². The maximum Gasteiger partial charge on any atom is 0.341 e. The summed E-state index contributed by atoms with van der Waals surface area (Å²) in [5, 5.41) is 11.7. The van der Waals surface area contributed by atoms with Crippen LogP contribution in [0, 0.1) is 0 Å². The van der Waals surface area contributed by atoms with Crippen LogP contribution in [0.25, 0.3) is 0 Å². The average Bonchev–Trinajstić information content (AvgIpc) is 2.60. The zero-order chi connectivity index (χ0) is 18.4. The van der Waals surface area contributed by atoms with Crippen molar-refractivity contribution >= 4 is 17.6 Å². The van der Waals surface area contributed by atoms with E-state index < -0.39 is 29.6 Å². The Labute approximate surface area is 144 Å². The molecule has 0 saturated heterocycles. The fourth-order valence-electron chi connectivity index (χ4n) is 2.45. The van der Waals surface area contributed by atoms with E-state index in [-0.39, 0.29) is 0 Å². The SMILES string of the molecule is CCc1cccc(CC)c1NC(=O)COn1cccc(C(=O)O)c1=O. The summed E-state index contributed by atoms with van der Waals surface area (Å²) >= 11 is 0. The highest BCUT2D eigenvalue weighted by molar-refractivity contribution is 5.93. The van der Waals surface area contributed by atoms with E-state index in [0.29, 0.717) is 0 Å². The van der Waals surface area contributed by atoms with E-state index in [2.05, 4.69) is 5.32 Å². The molecule has 2 rings (SSSR count). The van der Waals surface area contributed by atoms with Gasteiger partial charge in [-0.2, -0.15) is 4.73 Å². The molecule has 0 aliphatic rings. The van der Waals surface area contributed by atoms with Gasteiger partial charge in [0.15, 0.2) is 6.61 Å². The van der Waals surface area contributed by atoms with Gasteiger partial charge < -0.3 is 15.3 Å². The highest BCUT2D eigenvalue weighted by Crippen LogP contribution is 2.22. The molecule has 0 aliphatic carbocycles. The summed E-state index contributed by atoms with van der Waals surface area (Å²) in [4.78, 5) is 40.2. The number of carboxylic acid groups (broad SMARTS) is 1. The van der Waals surface area contributed by atoms with Gasteiger partial charge in [0.25, 0.3) is 11.5 Å². The standard InChI is InChI=1S/C18H20N2O5/c1-3-12-7-5-8-13(4-2)16(12)19-15(21)11-25-20-10-6-9-14(17(20)22)18(23)24/h5-10H,3-4,11H2,1-2H3,(H,19,21)(H,23,24). The summed E-state index contributed by atoms with van der Waals surface area (Å²) in [5.41, 5.74) is 1.53. The fourth-order valence-corrected chi connectivity index (χ4v) is 2.45. The summed E-state index contributed by atoms with van der Waals surface area (Å²) in [6.45, 7) is 3.58. The number of rotatable bonds is 7. The first-order valence-corrected chi connectivity index (χ1v) is 7.96. The molecule has 132 valence electrons. The second-order valence-electron chi connectivity index (χ2n) is 5.34. The lowest BCUT2D eigenvalue weighted by Crippen LogP contribution is -2.34. The van der Waals surface area contributed by atoms with Gasteiger partial charge in [-0.3, -0.25) is 9.59 Å². The van der Waals surface area contributed by atoms with Crippen molar-refractivity contribution in [3.8, 4) is 0 Å². The number of amides is 1. The molecule has 25 heavy (non-hydrogen) atoms. The molecule has 1 aromatic heterocycles. The first kappa shape index (κ1) is 18.3. The van der Waals surface area contributed by atoms with Crippen LogP contribution in [0.5, 0.6) is 0 Å². The van der Waals surface area contributed by atoms with Crippen LogP contribution < -0.4 is 15.7 Å². The van der Waals surface area contributed by atoms with Gasteiger partial charge >= 0.3 is 5.97 Å². The summed E-state index contributed by atoms with van der Waals surface area (Å²) in [5.74, 6) is -1.78. The Balaban J connectivity index is 2.11. The highest BCUT2D eigenvalue weighted by Gasteiger charge is 2.13. The zero-order valence-electron chi connectivity index (χ0n) is 14.1. The van der Waals surface area contributed by atoms with Crippen LogP contribution in [0.4, 0.5) is 5.69 Å². The number of benzene rings is 1. The van der Waals surface area contributed by atoms with E-state index in [9.17, 15) is 14.4 Å². The summed E-state index contributed by atoms with van der Waals surface area (Å²) in [6, 6.07) is 8.37. The van der Waals surface area contributed by atoms with E-state index >= 15 is 0 Å². The third-order valence-corrected chi connectivity index (χ3v) is 3.74. The maximum absolute atomic E-state index is 12.2. The Morgan fingerprint density at radius 2 is 1.76 bits per heavy atom. The summed E-state index contributed by atoms with van der Waals surface area (Å²) in [7, 11) is 0. The maximum atomic E-state index is 12.2. The largest absolute Gasteiger partial charge is 0.477 e. The molecule has 1 aromatic carbocycles. The van der Waals surface area contributed by atoms with Crippen LogP contribution in [-0.4, -0.2) is 28.3 Å². The zero-order valence-corrected chi connectivity index (χ0v) is 14.1. The number of hydrogen-bond donors (Lipinski definition) is 2. The van der Waals surface area contributed by atoms with Crippen molar-refractivity contribution in [2.45, 2.75) is 26.7 Å². The topological polar surface area (TPSA) is 97.6 Å². The number of pyridine rings is 1. The lowest BCUT2D eigenvalue weighted by Gasteiger charge is -2.15. The van der Waals surface area contributed by atoms with Crippen LogP contribution in [0.1, 0.15) is 35.3 Å². The molecule has 2 N–H and O–H groups in total. The molecule has 0 atom stereocenters. The summed E-state index contributed by atoms with van der Waals surface area (Å²) in [6.07, 6.45) is 2.80. The van der Waals surface area contributed by atoms with E-state index in [1.807, 2.05) is 32.0 Å². The third-order valence-electron chi connectivity index (χ3n) is 3.74. The number of para-hydroxylation sites is 1. The molecule has 0 radical (unpaired) electrons. The van der Waals surface area contributed by atoms with Gasteiger partial charge in [-0.15, -0.1) is 0 Å². The van der Waals surface area contributed by atoms with Gasteiger partial charge in [-0.1, -0.05) is 32.0 Å². The van der Waals surface area contributed by atoms with Crippen LogP contribution in [0.3, 0.4) is 0 Å². The number of aromatic carboxylic acids is 1. The van der Waals surface area contributed by atoms with Gasteiger partial charge in [0.2, 0.25) is 0 Å². The number of nitrogens with zero attached hydrogens (tertiary/aromatic N) is 1. The van der Waals surface area contributed by atoms with Gasteiger partial charge in [0, 0.05) is 11.9 Å². The van der Waals surface area contributed by atoms with Crippen molar-refractivity contribution < 1.29 is 19.5 Å². The number of carboxylic acids is 1. The van der Waals surface area contributed by atoms with Crippen LogP contribution in [-0.2, 0) is 17.6 Å². The molecule has 0 bridgehead atoms. The second kappa shape index (κ2) is 8.14. The van der Waals surface area contributed by atoms with Crippen LogP contribution in [0.15, 0.2) is 41.3 Å². The molecule has 0 saturated carbocycles. The predicted molar refractivity (Wildman–Crippen MR) is 92.9 cm³/mol. The minimum Gasteiger partial charge on any atom is -0.477 e. The lowest BCUT2D eigenvalue weighted by molar-refractivity contribution is -0.120. The van der Waals surface area contributed by atoms with Crippen molar-refractivity contribution in [2.75, 3.05) is 11.9 Å². The van der Waals surface area contributed by atoms with E-state index in [1.165, 1.54) is 18.3 Å². The molecular weight excluding hydrogens is 324 g/mol. The molecule has 0 fully saturated rings. The average molecular weight is 344 g/mol.